The summed E-state index contributed by atoms with van der Waals surface area (Å²) in [6.07, 6.45) is 2.64. The van der Waals surface area contributed by atoms with Crippen LogP contribution in [0.25, 0.3) is 0 Å². The van der Waals surface area contributed by atoms with Gasteiger partial charge < -0.3 is 34.4 Å². The lowest BCUT2D eigenvalue weighted by Gasteiger charge is -2.23. The van der Waals surface area contributed by atoms with Crippen LogP contribution >= 0.6 is 7.60 Å². The fourth-order valence-corrected chi connectivity index (χ4v) is 1.19. The zero-order chi connectivity index (χ0) is 20.0. The average Bonchev–Trinajstić information content (AvgIpc) is 2.35. The van der Waals surface area contributed by atoms with Gasteiger partial charge in [-0.1, -0.05) is 26.7 Å². The number of amides is 1. The number of carboxylic acid groups (broad SMARTS) is 1. The molecule has 0 heterocycles. The van der Waals surface area contributed by atoms with Gasteiger partial charge in [0.25, 0.3) is 0 Å². The van der Waals surface area contributed by atoms with Gasteiger partial charge in [0, 0.05) is 13.1 Å². The molecule has 3 N–H and O–H groups in total. The SMILES string of the molecule is CCCC.CN(C)CCNC(=O)P(=O)(O)O.C[N+](C)(C)CC(=O)[O-]. The second-order valence-corrected chi connectivity index (χ2v) is 7.89. The Morgan fingerprint density at radius 3 is 1.71 bits per heavy atom. The van der Waals surface area contributed by atoms with E-state index in [2.05, 4.69) is 19.2 Å². The maximum absolute atomic E-state index is 10.6. The Kier molecular flexibility index (Phi) is 16.7. The van der Waals surface area contributed by atoms with E-state index in [1.807, 2.05) is 0 Å². The van der Waals surface area contributed by atoms with Gasteiger partial charge in [-0.3, -0.25) is 4.79 Å². The van der Waals surface area contributed by atoms with Gasteiger partial charge in [0.1, 0.15) is 6.54 Å². The molecule has 0 spiro atoms. The summed E-state index contributed by atoms with van der Waals surface area (Å²) in [5.74, 6) is -1.00. The lowest BCUT2D eigenvalue weighted by atomic mass is 10.4. The van der Waals surface area contributed by atoms with Crippen molar-refractivity contribution in [3.63, 3.8) is 0 Å². The van der Waals surface area contributed by atoms with Crippen molar-refractivity contribution in [3.8, 4) is 0 Å². The Labute approximate surface area is 145 Å². The summed E-state index contributed by atoms with van der Waals surface area (Å²) in [7, 11) is 4.41. The lowest BCUT2D eigenvalue weighted by molar-refractivity contribution is -0.864. The van der Waals surface area contributed by atoms with Gasteiger partial charge in [-0.15, -0.1) is 0 Å². The van der Waals surface area contributed by atoms with Crippen molar-refractivity contribution in [1.29, 1.82) is 0 Å². The number of nitrogens with zero attached hydrogens (tertiary/aromatic N) is 2. The number of rotatable bonds is 7. The summed E-state index contributed by atoms with van der Waals surface area (Å²) in [6.45, 7) is 5.21. The number of aliphatic carboxylic acids is 1. The van der Waals surface area contributed by atoms with Crippen molar-refractivity contribution in [1.82, 2.24) is 10.2 Å². The molecule has 0 aromatic rings. The van der Waals surface area contributed by atoms with Crippen LogP contribution < -0.4 is 10.4 Å². The molecule has 0 aromatic carbocycles. The maximum atomic E-state index is 10.6. The molecule has 9 nitrogen and oxygen atoms in total. The van der Waals surface area contributed by atoms with E-state index in [4.69, 9.17) is 9.79 Å². The predicted octanol–water partition coefficient (Wildman–Crippen LogP) is -0.316. The molecule has 1 amide bonds. The van der Waals surface area contributed by atoms with Gasteiger partial charge in [0.2, 0.25) is 0 Å². The van der Waals surface area contributed by atoms with Gasteiger partial charge in [0.15, 0.2) is 0 Å². The number of carboxylic acids is 1. The summed E-state index contributed by atoms with van der Waals surface area (Å²) in [5, 5.41) is 12.0. The summed E-state index contributed by atoms with van der Waals surface area (Å²) in [6, 6.07) is 0. The van der Waals surface area contributed by atoms with Crippen LogP contribution in [0.5, 0.6) is 0 Å². The summed E-state index contributed by atoms with van der Waals surface area (Å²) >= 11 is 0. The standard InChI is InChI=1S/C5H13N2O4P.C5H11NO2.C4H10/c1-7(2)4-3-6-5(8)12(9,10)11;1-6(2,3)4-5(7)8;1-3-4-2/h3-4H2,1-2H3,(H,6,8)(H2,9,10,11);4H2,1-3H3;3-4H2,1-2H3. The molecule has 146 valence electrons. The van der Waals surface area contributed by atoms with Crippen molar-refractivity contribution in [3.05, 3.63) is 0 Å². The van der Waals surface area contributed by atoms with Gasteiger partial charge in [-0.2, -0.15) is 0 Å². The highest BCUT2D eigenvalue weighted by atomic mass is 31.2. The third-order valence-electron chi connectivity index (χ3n) is 2.20. The first-order valence-corrected chi connectivity index (χ1v) is 9.27. The van der Waals surface area contributed by atoms with Crippen LogP contribution in [-0.4, -0.2) is 85.7 Å². The van der Waals surface area contributed by atoms with Gasteiger partial charge in [-0.05, 0) is 14.1 Å². The van der Waals surface area contributed by atoms with Crippen LogP contribution in [0.3, 0.4) is 0 Å². The molecule has 0 aromatic heterocycles. The van der Waals surface area contributed by atoms with E-state index in [0.717, 1.165) is 0 Å². The highest BCUT2D eigenvalue weighted by molar-refractivity contribution is 7.69. The first-order valence-electron chi connectivity index (χ1n) is 7.66. The second kappa shape index (κ2) is 14.4. The molecule has 0 fully saturated rings. The van der Waals surface area contributed by atoms with E-state index < -0.39 is 19.2 Å². The number of likely N-dealkylation sites (N-methyl/N-ethyl adjacent to an activating group) is 2. The highest BCUT2D eigenvalue weighted by Gasteiger charge is 2.24. The molecule has 10 heteroatoms. The minimum absolute atomic E-state index is 0.0694. The molecular formula is C14H34N3O6P. The Balaban J connectivity index is -0.000000316. The van der Waals surface area contributed by atoms with Crippen molar-refractivity contribution in [2.24, 2.45) is 0 Å². The monoisotopic (exact) mass is 371 g/mol. The molecule has 0 aliphatic rings. The Morgan fingerprint density at radius 2 is 1.54 bits per heavy atom. The van der Waals surface area contributed by atoms with Crippen molar-refractivity contribution < 1.29 is 33.5 Å². The van der Waals surface area contributed by atoms with Gasteiger partial charge in [0.05, 0.1) is 27.1 Å². The van der Waals surface area contributed by atoms with Crippen LogP contribution in [-0.2, 0) is 9.36 Å². The molecule has 0 radical (unpaired) electrons. The third-order valence-corrected chi connectivity index (χ3v) is 2.89. The number of carbonyl (C=O) groups excluding carboxylic acids is 2. The van der Waals surface area contributed by atoms with Crippen LogP contribution in [0, 0.1) is 0 Å². The maximum Gasteiger partial charge on any atom is 0.413 e. The zero-order valence-electron chi connectivity index (χ0n) is 15.9. The fraction of sp³-hybridized carbons (Fsp3) is 0.857. The molecule has 24 heavy (non-hydrogen) atoms. The molecule has 0 rings (SSSR count). The molecule has 0 unspecified atom stereocenters. The van der Waals surface area contributed by atoms with Crippen LogP contribution in [0.4, 0.5) is 4.79 Å². The number of unbranched alkanes of at least 4 members (excludes halogenated alkanes) is 1. The van der Waals surface area contributed by atoms with E-state index in [9.17, 15) is 19.3 Å². The fourth-order valence-electron chi connectivity index (χ4n) is 0.877. The topological polar surface area (TPSA) is 130 Å². The zero-order valence-corrected chi connectivity index (χ0v) is 16.8. The average molecular weight is 371 g/mol. The normalized spacial score (nSPS) is 10.9. The van der Waals surface area contributed by atoms with Crippen LogP contribution in [0.1, 0.15) is 26.7 Å². The lowest BCUT2D eigenvalue weighted by Crippen LogP contribution is -2.45. The molecule has 0 saturated carbocycles. The Hall–Kier alpha value is -0.990. The molecule has 0 atom stereocenters. The first kappa shape index (κ1) is 27.8. The van der Waals surface area contributed by atoms with E-state index in [0.29, 0.717) is 11.0 Å². The third kappa shape index (κ3) is 29.1. The Morgan fingerprint density at radius 1 is 1.12 bits per heavy atom. The number of hydrogen-bond donors (Lipinski definition) is 3. The van der Waals surface area contributed by atoms with Crippen molar-refractivity contribution in [2.75, 3.05) is 54.9 Å². The van der Waals surface area contributed by atoms with E-state index in [1.54, 1.807) is 40.1 Å². The molecule has 0 aliphatic carbocycles. The van der Waals surface area contributed by atoms with Crippen molar-refractivity contribution >= 4 is 19.2 Å². The van der Waals surface area contributed by atoms with Crippen molar-refractivity contribution in [2.45, 2.75) is 26.7 Å². The first-order chi connectivity index (χ1) is 10.7. The second-order valence-electron chi connectivity index (χ2n) is 6.40. The predicted molar refractivity (Wildman–Crippen MR) is 92.5 cm³/mol. The number of quaternary nitrogens is 1. The van der Waals surface area contributed by atoms with Crippen LogP contribution in [0.2, 0.25) is 0 Å². The molecule has 0 aliphatic heterocycles. The minimum Gasteiger partial charge on any atom is -0.544 e. The summed E-state index contributed by atoms with van der Waals surface area (Å²) in [4.78, 5) is 38.9. The molecule has 0 saturated heterocycles. The largest absolute Gasteiger partial charge is 0.544 e. The quantitative estimate of drug-likeness (QED) is 0.413. The van der Waals surface area contributed by atoms with Gasteiger partial charge in [-0.25, -0.2) is 4.57 Å². The molecular weight excluding hydrogens is 337 g/mol. The molecule has 0 bridgehead atoms. The minimum atomic E-state index is -4.59. The number of hydrogen-bond acceptors (Lipinski definition) is 5. The van der Waals surface area contributed by atoms with Gasteiger partial charge >= 0.3 is 13.2 Å². The van der Waals surface area contributed by atoms with E-state index in [1.165, 1.54) is 12.8 Å². The summed E-state index contributed by atoms with van der Waals surface area (Å²) < 4.78 is 10.7. The van der Waals surface area contributed by atoms with E-state index in [-0.39, 0.29) is 13.1 Å². The highest BCUT2D eigenvalue weighted by Crippen LogP contribution is 2.34. The smallest absolute Gasteiger partial charge is 0.413 e. The van der Waals surface area contributed by atoms with E-state index >= 15 is 0 Å². The van der Waals surface area contributed by atoms with Crippen LogP contribution in [0.15, 0.2) is 0 Å². The Bertz CT molecular complexity index is 388. The number of carbonyl (C=O) groups is 2. The summed E-state index contributed by atoms with van der Waals surface area (Å²) in [5.41, 5.74) is -1.22. The number of nitrogens with one attached hydrogen (secondary N) is 1.